The van der Waals surface area contributed by atoms with Crippen molar-refractivity contribution in [3.8, 4) is 0 Å². The maximum absolute atomic E-state index is 13.6. The third kappa shape index (κ3) is 62.3. The Morgan fingerprint density at radius 3 is 1.15 bits per heavy atom. The number of phosphoric ester groups is 1. The number of likely N-dealkylation sites (N-methyl/N-ethyl adjacent to an activating group) is 1. The number of esters is 1. The molecule has 2 N–H and O–H groups in total. The third-order valence-electron chi connectivity index (χ3n) is 15.8. The molecular weight excluding hydrogens is 1020 g/mol. The average molecular weight is 1160 g/mol. The summed E-state index contributed by atoms with van der Waals surface area (Å²) in [5, 5.41) is 3.06. The summed E-state index contributed by atoms with van der Waals surface area (Å²) in [6, 6.07) is -0.859. The van der Waals surface area contributed by atoms with Gasteiger partial charge < -0.3 is 19.4 Å². The molecule has 3 atom stereocenters. The number of ether oxygens (including phenoxy) is 1. The molecule has 0 aromatic carbocycles. The zero-order chi connectivity index (χ0) is 59.3. The second-order valence-corrected chi connectivity index (χ2v) is 26.5. The molecule has 0 aromatic heterocycles. The summed E-state index contributed by atoms with van der Waals surface area (Å²) in [4.78, 5) is 37.8. The fraction of sp³-hybridized carbons (Fsp3) is 0.859. The molecule has 0 heterocycles. The summed E-state index contributed by atoms with van der Waals surface area (Å²) in [6.07, 6.45) is 77.0. The fourth-order valence-corrected chi connectivity index (χ4v) is 11.1. The van der Waals surface area contributed by atoms with E-state index in [1.165, 1.54) is 225 Å². The van der Waals surface area contributed by atoms with E-state index in [0.29, 0.717) is 23.9 Å². The van der Waals surface area contributed by atoms with Crippen molar-refractivity contribution in [2.24, 2.45) is 0 Å². The molecular formula is C71H136N2O7P+. The molecule has 0 fully saturated rings. The molecule has 3 unspecified atom stereocenters. The van der Waals surface area contributed by atoms with Crippen LogP contribution >= 0.6 is 7.82 Å². The van der Waals surface area contributed by atoms with Crippen LogP contribution in [0.25, 0.3) is 0 Å². The van der Waals surface area contributed by atoms with Gasteiger partial charge in [0, 0.05) is 12.8 Å². The van der Waals surface area contributed by atoms with E-state index in [4.69, 9.17) is 13.8 Å². The minimum Gasteiger partial charge on any atom is -0.456 e. The van der Waals surface area contributed by atoms with Gasteiger partial charge in [-0.2, -0.15) is 0 Å². The molecule has 0 radical (unpaired) electrons. The maximum atomic E-state index is 13.6. The van der Waals surface area contributed by atoms with Crippen LogP contribution in [0.5, 0.6) is 0 Å². The van der Waals surface area contributed by atoms with Crippen molar-refractivity contribution in [3.05, 3.63) is 48.6 Å². The van der Waals surface area contributed by atoms with Crippen LogP contribution in [-0.2, 0) is 27.9 Å². The first kappa shape index (κ1) is 79.0. The van der Waals surface area contributed by atoms with Crippen LogP contribution in [0.15, 0.2) is 48.6 Å². The zero-order valence-corrected chi connectivity index (χ0v) is 55.4. The van der Waals surface area contributed by atoms with Crippen molar-refractivity contribution in [1.29, 1.82) is 0 Å². The molecule has 476 valence electrons. The number of carbonyl (C=O) groups excluding carboxylic acids is 2. The van der Waals surface area contributed by atoms with Crippen LogP contribution in [-0.4, -0.2) is 74.3 Å². The van der Waals surface area contributed by atoms with Crippen molar-refractivity contribution >= 4 is 19.7 Å². The first-order chi connectivity index (χ1) is 39.4. The van der Waals surface area contributed by atoms with Crippen molar-refractivity contribution in [3.63, 3.8) is 0 Å². The zero-order valence-electron chi connectivity index (χ0n) is 54.5. The number of nitrogens with one attached hydrogen (secondary N) is 1. The van der Waals surface area contributed by atoms with Crippen LogP contribution in [0.1, 0.15) is 342 Å². The molecule has 0 spiro atoms. The Balaban J connectivity index is 5.10. The van der Waals surface area contributed by atoms with Crippen LogP contribution in [0, 0.1) is 0 Å². The minimum atomic E-state index is -4.46. The van der Waals surface area contributed by atoms with Gasteiger partial charge >= 0.3 is 13.8 Å². The van der Waals surface area contributed by atoms with Crippen LogP contribution in [0.4, 0.5) is 0 Å². The van der Waals surface area contributed by atoms with Gasteiger partial charge in [-0.25, -0.2) is 4.57 Å². The highest BCUT2D eigenvalue weighted by molar-refractivity contribution is 7.47. The Kier molecular flexibility index (Phi) is 59.5. The van der Waals surface area contributed by atoms with Gasteiger partial charge in [0.2, 0.25) is 5.91 Å². The second-order valence-electron chi connectivity index (χ2n) is 25.1. The van der Waals surface area contributed by atoms with Gasteiger partial charge in [0.25, 0.3) is 0 Å². The summed E-state index contributed by atoms with van der Waals surface area (Å²) in [5.41, 5.74) is 0. The minimum absolute atomic E-state index is 0.0369. The molecule has 0 bridgehead atoms. The van der Waals surface area contributed by atoms with E-state index in [1.807, 2.05) is 33.3 Å². The standard InChI is InChI=1S/C71H135N2O7P/c1-7-10-13-16-19-22-25-28-30-32-33-34-35-36-37-38-39-41-43-46-49-52-55-58-61-64-71(75)80-69(62-59-56-53-50-47-44-27-24-21-18-15-12-9-3)68(67-79-81(76,77)78-66-65-73(4,5)6)72-70(74)63-60-57-54-51-48-45-42-40-31-29-26-23-20-17-14-11-8-2/h20,23,29,31,42,45,59,62,68-69H,7-19,21-22,24-28,30,32-41,43-44,46-58,60-61,63-67H2,1-6H3,(H-,72,74,76,77)/p+1/b23-20-,31-29-,45-42-,62-59-. The number of quaternary nitrogens is 1. The number of unbranched alkanes of at least 4 members (excludes halogenated alkanes) is 42. The Morgan fingerprint density at radius 1 is 0.432 bits per heavy atom. The van der Waals surface area contributed by atoms with Gasteiger partial charge in [-0.3, -0.25) is 18.6 Å². The monoisotopic (exact) mass is 1160 g/mol. The number of carbonyl (C=O) groups is 2. The SMILES string of the molecule is CCCCC/C=C\C/C=C\C/C=C\CCCCCCC(=O)NC(COP(=O)(O)OCC[N+](C)(C)C)C(/C=C\CCCCCCCCCCCCC)OC(=O)CCCCCCCCCCCCCCCCCCCCCCCCCCC. The lowest BCUT2D eigenvalue weighted by molar-refractivity contribution is -0.870. The number of hydrogen-bond donors (Lipinski definition) is 2. The van der Waals surface area contributed by atoms with E-state index in [0.717, 1.165) is 83.5 Å². The number of amides is 1. The van der Waals surface area contributed by atoms with E-state index < -0.39 is 20.0 Å². The quantitative estimate of drug-likeness (QED) is 0.0205. The number of allylic oxidation sites excluding steroid dienone is 7. The lowest BCUT2D eigenvalue weighted by atomic mass is 10.0. The Hall–Kier alpha value is -2.03. The van der Waals surface area contributed by atoms with Crippen molar-refractivity contribution in [1.82, 2.24) is 5.32 Å². The smallest absolute Gasteiger partial charge is 0.456 e. The van der Waals surface area contributed by atoms with Gasteiger partial charge in [-0.15, -0.1) is 0 Å². The van der Waals surface area contributed by atoms with E-state index in [1.54, 1.807) is 0 Å². The summed E-state index contributed by atoms with van der Waals surface area (Å²) < 4.78 is 30.8. The van der Waals surface area contributed by atoms with Gasteiger partial charge in [0.15, 0.2) is 0 Å². The predicted molar refractivity (Wildman–Crippen MR) is 351 cm³/mol. The molecule has 0 aromatic rings. The number of rotatable bonds is 64. The van der Waals surface area contributed by atoms with E-state index in [-0.39, 0.29) is 25.1 Å². The first-order valence-electron chi connectivity index (χ1n) is 35.0. The molecule has 0 saturated heterocycles. The van der Waals surface area contributed by atoms with E-state index in [2.05, 4.69) is 62.5 Å². The largest absolute Gasteiger partial charge is 0.472 e. The molecule has 10 heteroatoms. The lowest BCUT2D eigenvalue weighted by Gasteiger charge is -2.27. The van der Waals surface area contributed by atoms with Gasteiger partial charge in [0.1, 0.15) is 19.3 Å². The maximum Gasteiger partial charge on any atom is 0.472 e. The van der Waals surface area contributed by atoms with E-state index >= 15 is 0 Å². The molecule has 0 rings (SSSR count). The third-order valence-corrected chi connectivity index (χ3v) is 16.8. The number of hydrogen-bond acceptors (Lipinski definition) is 6. The molecule has 0 saturated carbocycles. The van der Waals surface area contributed by atoms with Crippen molar-refractivity contribution in [2.45, 2.75) is 354 Å². The average Bonchev–Trinajstić information content (AvgIpc) is 3.44. The van der Waals surface area contributed by atoms with Crippen LogP contribution < -0.4 is 5.32 Å². The fourth-order valence-electron chi connectivity index (χ4n) is 10.4. The lowest BCUT2D eigenvalue weighted by Crippen LogP contribution is -2.47. The Bertz CT molecular complexity index is 1520. The summed E-state index contributed by atoms with van der Waals surface area (Å²) >= 11 is 0. The van der Waals surface area contributed by atoms with Gasteiger partial charge in [-0.1, -0.05) is 307 Å². The molecule has 1 amide bonds. The van der Waals surface area contributed by atoms with Gasteiger partial charge in [0.05, 0.1) is 33.8 Å². The number of nitrogens with zero attached hydrogens (tertiary/aromatic N) is 1. The van der Waals surface area contributed by atoms with Gasteiger partial charge in [-0.05, 0) is 70.3 Å². The molecule has 0 aliphatic carbocycles. The molecule has 81 heavy (non-hydrogen) atoms. The molecule has 0 aliphatic heterocycles. The molecule has 0 aliphatic rings. The molecule has 9 nitrogen and oxygen atoms in total. The highest BCUT2D eigenvalue weighted by Gasteiger charge is 2.30. The summed E-state index contributed by atoms with van der Waals surface area (Å²) in [5.74, 6) is -0.515. The van der Waals surface area contributed by atoms with Crippen LogP contribution in [0.3, 0.4) is 0 Å². The topological polar surface area (TPSA) is 111 Å². The predicted octanol–water partition coefficient (Wildman–Crippen LogP) is 22.0. The highest BCUT2D eigenvalue weighted by atomic mass is 31.2. The summed E-state index contributed by atoms with van der Waals surface area (Å²) in [7, 11) is 1.49. The summed E-state index contributed by atoms with van der Waals surface area (Å²) in [6.45, 7) is 7.02. The number of phosphoric acid groups is 1. The first-order valence-corrected chi connectivity index (χ1v) is 36.5. The van der Waals surface area contributed by atoms with Crippen molar-refractivity contribution in [2.75, 3.05) is 40.9 Å². The highest BCUT2D eigenvalue weighted by Crippen LogP contribution is 2.43. The van der Waals surface area contributed by atoms with Crippen LogP contribution in [0.2, 0.25) is 0 Å². The normalized spacial score (nSPS) is 13.8. The Labute approximate surface area is 503 Å². The Morgan fingerprint density at radius 2 is 0.753 bits per heavy atom. The van der Waals surface area contributed by atoms with E-state index in [9.17, 15) is 19.0 Å². The second kappa shape index (κ2) is 61.1. The van der Waals surface area contributed by atoms with Crippen molar-refractivity contribution < 1.29 is 37.3 Å².